The summed E-state index contributed by atoms with van der Waals surface area (Å²) >= 11 is 10.2. The molecule has 2 heterocycles. The summed E-state index contributed by atoms with van der Waals surface area (Å²) in [5, 5.41) is 1.48. The Labute approximate surface area is 155 Å². The van der Waals surface area contributed by atoms with Crippen LogP contribution in [0.5, 0.6) is 0 Å². The molecule has 0 spiro atoms. The highest BCUT2D eigenvalue weighted by atomic mass is 79.9. The van der Waals surface area contributed by atoms with E-state index in [9.17, 15) is 0 Å². The minimum absolute atomic E-state index is 0.504. The van der Waals surface area contributed by atoms with Gasteiger partial charge in [0.05, 0.1) is 5.39 Å². The highest BCUT2D eigenvalue weighted by Gasteiger charge is 2.22. The van der Waals surface area contributed by atoms with Gasteiger partial charge in [0, 0.05) is 22.3 Å². The van der Waals surface area contributed by atoms with Crippen molar-refractivity contribution in [1.29, 1.82) is 0 Å². The Morgan fingerprint density at radius 2 is 1.92 bits per heavy atom. The summed E-state index contributed by atoms with van der Waals surface area (Å²) in [5.41, 5.74) is 4.42. The van der Waals surface area contributed by atoms with Gasteiger partial charge in [0.2, 0.25) is 0 Å². The van der Waals surface area contributed by atoms with E-state index in [1.165, 1.54) is 37.7 Å². The van der Waals surface area contributed by atoms with Crippen molar-refractivity contribution in [2.45, 2.75) is 45.1 Å². The van der Waals surface area contributed by atoms with Crippen LogP contribution in [0.15, 0.2) is 35.2 Å². The summed E-state index contributed by atoms with van der Waals surface area (Å²) < 4.78 is 3.39. The van der Waals surface area contributed by atoms with Crippen molar-refractivity contribution >= 4 is 38.6 Å². The smallest absolute Gasteiger partial charge is 0.145 e. The predicted octanol–water partition coefficient (Wildman–Crippen LogP) is 6.33. The first kappa shape index (κ1) is 16.1. The molecule has 124 valence electrons. The van der Waals surface area contributed by atoms with Gasteiger partial charge in [-0.3, -0.25) is 0 Å². The minimum Gasteiger partial charge on any atom is -0.329 e. The molecule has 0 atom stereocenters. The molecule has 1 aliphatic carbocycles. The van der Waals surface area contributed by atoms with E-state index < -0.39 is 0 Å². The lowest BCUT2D eigenvalue weighted by Crippen LogP contribution is -2.12. The third-order valence-corrected chi connectivity index (χ3v) is 5.92. The summed E-state index contributed by atoms with van der Waals surface area (Å²) in [5.74, 6) is 0. The molecule has 2 aromatic heterocycles. The molecule has 3 nitrogen and oxygen atoms in total. The molecule has 24 heavy (non-hydrogen) atoms. The standard InChI is InChI=1S/C19H19BrClN3/c1-12-7-8-16(20)14(9-12)15-10-24(13-5-3-2-4-6-13)19-17(15)18(21)22-11-23-19/h7-11,13H,2-6H2,1H3. The van der Waals surface area contributed by atoms with Crippen molar-refractivity contribution < 1.29 is 0 Å². The second-order valence-electron chi connectivity index (χ2n) is 6.59. The van der Waals surface area contributed by atoms with Crippen LogP contribution in [0, 0.1) is 6.92 Å². The highest BCUT2D eigenvalue weighted by molar-refractivity contribution is 9.10. The number of rotatable bonds is 2. The summed E-state index contributed by atoms with van der Waals surface area (Å²) in [6.07, 6.45) is 10.1. The van der Waals surface area contributed by atoms with Gasteiger partial charge >= 0.3 is 0 Å². The number of fused-ring (bicyclic) bond motifs is 1. The molecule has 1 aliphatic rings. The molecule has 0 saturated heterocycles. The van der Waals surface area contributed by atoms with E-state index in [2.05, 4.69) is 61.8 Å². The van der Waals surface area contributed by atoms with Crippen molar-refractivity contribution in [1.82, 2.24) is 14.5 Å². The lowest BCUT2D eigenvalue weighted by atomic mass is 9.95. The zero-order chi connectivity index (χ0) is 16.7. The topological polar surface area (TPSA) is 30.7 Å². The molecule has 0 amide bonds. The van der Waals surface area contributed by atoms with Gasteiger partial charge in [0.15, 0.2) is 0 Å². The van der Waals surface area contributed by atoms with Crippen LogP contribution in [-0.4, -0.2) is 14.5 Å². The van der Waals surface area contributed by atoms with Crippen LogP contribution in [0.25, 0.3) is 22.2 Å². The van der Waals surface area contributed by atoms with E-state index in [0.717, 1.165) is 26.6 Å². The lowest BCUT2D eigenvalue weighted by Gasteiger charge is -2.23. The maximum absolute atomic E-state index is 6.48. The number of halogens is 2. The summed E-state index contributed by atoms with van der Waals surface area (Å²) in [7, 11) is 0. The monoisotopic (exact) mass is 403 g/mol. The van der Waals surface area contributed by atoms with E-state index in [1.807, 2.05) is 0 Å². The lowest BCUT2D eigenvalue weighted by molar-refractivity contribution is 0.360. The van der Waals surface area contributed by atoms with E-state index in [1.54, 1.807) is 6.33 Å². The van der Waals surface area contributed by atoms with Gasteiger partial charge in [-0.2, -0.15) is 0 Å². The molecule has 1 aromatic carbocycles. The highest BCUT2D eigenvalue weighted by Crippen LogP contribution is 2.40. The molecule has 0 radical (unpaired) electrons. The third-order valence-electron chi connectivity index (χ3n) is 4.94. The van der Waals surface area contributed by atoms with Gasteiger partial charge in [-0.05, 0) is 31.4 Å². The predicted molar refractivity (Wildman–Crippen MR) is 103 cm³/mol. The van der Waals surface area contributed by atoms with E-state index in [4.69, 9.17) is 11.6 Å². The van der Waals surface area contributed by atoms with Gasteiger partial charge in [0.1, 0.15) is 17.1 Å². The molecule has 0 unspecified atom stereocenters. The molecule has 1 fully saturated rings. The van der Waals surface area contributed by atoms with Crippen LogP contribution in [-0.2, 0) is 0 Å². The quantitative estimate of drug-likeness (QED) is 0.467. The summed E-state index contributed by atoms with van der Waals surface area (Å²) in [6.45, 7) is 2.11. The van der Waals surface area contributed by atoms with Gasteiger partial charge in [-0.15, -0.1) is 0 Å². The number of benzene rings is 1. The SMILES string of the molecule is Cc1ccc(Br)c(-c2cn(C3CCCCC3)c3ncnc(Cl)c23)c1. The van der Waals surface area contributed by atoms with Gasteiger partial charge in [-0.25, -0.2) is 9.97 Å². The van der Waals surface area contributed by atoms with E-state index >= 15 is 0 Å². The minimum atomic E-state index is 0.504. The molecule has 0 bridgehead atoms. The van der Waals surface area contributed by atoms with Crippen molar-refractivity contribution in [2.75, 3.05) is 0 Å². The van der Waals surface area contributed by atoms with Crippen LogP contribution in [0.3, 0.4) is 0 Å². The Morgan fingerprint density at radius 1 is 1.12 bits per heavy atom. The number of nitrogens with zero attached hydrogens (tertiary/aromatic N) is 3. The second-order valence-corrected chi connectivity index (χ2v) is 7.80. The molecule has 0 aliphatic heterocycles. The zero-order valence-corrected chi connectivity index (χ0v) is 15.9. The Hall–Kier alpha value is -1.39. The number of aromatic nitrogens is 3. The number of hydrogen-bond acceptors (Lipinski definition) is 2. The molecular weight excluding hydrogens is 386 g/mol. The molecule has 0 N–H and O–H groups in total. The second kappa shape index (κ2) is 6.49. The Balaban J connectivity index is 1.97. The summed E-state index contributed by atoms with van der Waals surface area (Å²) in [6, 6.07) is 6.88. The molecule has 4 rings (SSSR count). The fourth-order valence-corrected chi connectivity index (χ4v) is 4.43. The van der Waals surface area contributed by atoms with E-state index in [-0.39, 0.29) is 0 Å². The number of aryl methyl sites for hydroxylation is 1. The van der Waals surface area contributed by atoms with Crippen molar-refractivity contribution in [3.05, 3.63) is 45.9 Å². The molecule has 1 saturated carbocycles. The average Bonchev–Trinajstić information content (AvgIpc) is 2.99. The van der Waals surface area contributed by atoms with Crippen molar-refractivity contribution in [2.24, 2.45) is 0 Å². The zero-order valence-electron chi connectivity index (χ0n) is 13.6. The van der Waals surface area contributed by atoms with Crippen LogP contribution in [0.2, 0.25) is 5.15 Å². The van der Waals surface area contributed by atoms with Gasteiger partial charge in [-0.1, -0.05) is 64.5 Å². The van der Waals surface area contributed by atoms with Gasteiger partial charge < -0.3 is 4.57 Å². The van der Waals surface area contributed by atoms with Crippen LogP contribution in [0.4, 0.5) is 0 Å². The van der Waals surface area contributed by atoms with Crippen molar-refractivity contribution in [3.8, 4) is 11.1 Å². The van der Waals surface area contributed by atoms with Crippen LogP contribution in [0.1, 0.15) is 43.7 Å². The van der Waals surface area contributed by atoms with Crippen LogP contribution >= 0.6 is 27.5 Å². The molecule has 5 heteroatoms. The molecule has 3 aromatic rings. The van der Waals surface area contributed by atoms with E-state index in [0.29, 0.717) is 11.2 Å². The average molecular weight is 405 g/mol. The largest absolute Gasteiger partial charge is 0.329 e. The Morgan fingerprint density at radius 3 is 2.71 bits per heavy atom. The first-order chi connectivity index (χ1) is 11.6. The fourth-order valence-electron chi connectivity index (χ4n) is 3.74. The van der Waals surface area contributed by atoms with Gasteiger partial charge in [0.25, 0.3) is 0 Å². The first-order valence-electron chi connectivity index (χ1n) is 8.42. The maximum Gasteiger partial charge on any atom is 0.145 e. The van der Waals surface area contributed by atoms with Crippen LogP contribution < -0.4 is 0 Å². The fraction of sp³-hybridized carbons (Fsp3) is 0.368. The first-order valence-corrected chi connectivity index (χ1v) is 9.60. The Bertz CT molecular complexity index is 897. The Kier molecular flexibility index (Phi) is 4.35. The van der Waals surface area contributed by atoms with Crippen molar-refractivity contribution in [3.63, 3.8) is 0 Å². The number of hydrogen-bond donors (Lipinski definition) is 0. The normalized spacial score (nSPS) is 16.0. The maximum atomic E-state index is 6.48. The third kappa shape index (κ3) is 2.76. The molecular formula is C19H19BrClN3. The summed E-state index contributed by atoms with van der Waals surface area (Å²) in [4.78, 5) is 8.80.